The first-order chi connectivity index (χ1) is 10.1. The summed E-state index contributed by atoms with van der Waals surface area (Å²) in [7, 11) is 16.9. The fourth-order valence-electron chi connectivity index (χ4n) is 2.69. The Labute approximate surface area is 146 Å². The van der Waals surface area contributed by atoms with Crippen LogP contribution in [0.5, 0.6) is 0 Å². The monoisotopic (exact) mass is 286 g/mol. The molecule has 0 saturated carbocycles. The van der Waals surface area contributed by atoms with Gasteiger partial charge in [0.1, 0.15) is 27.8 Å². The Bertz CT molecular complexity index is 310. The van der Waals surface area contributed by atoms with Crippen LogP contribution in [0.3, 0.4) is 0 Å². The summed E-state index contributed by atoms with van der Waals surface area (Å²) in [6.07, 6.45) is 2.17. The Morgan fingerprint density at radius 3 is 1.23 bits per heavy atom. The van der Waals surface area contributed by atoms with Crippen molar-refractivity contribution in [2.45, 2.75) is 79.1 Å². The summed E-state index contributed by atoms with van der Waals surface area (Å²) in [6.45, 7) is 19.2. The van der Waals surface area contributed by atoms with Crippen molar-refractivity contribution in [3.05, 3.63) is 11.1 Å². The van der Waals surface area contributed by atoms with Crippen molar-refractivity contribution in [2.75, 3.05) is 0 Å². The van der Waals surface area contributed by atoms with Gasteiger partial charge in [-0.25, -0.2) is 0 Å². The molecule has 0 aromatic heterocycles. The van der Waals surface area contributed by atoms with Crippen LogP contribution in [0.4, 0.5) is 0 Å². The van der Waals surface area contributed by atoms with Gasteiger partial charge >= 0.3 is 0 Å². The molecule has 8 heteroatoms. The van der Waals surface area contributed by atoms with Crippen LogP contribution < -0.4 is 0 Å². The first kappa shape index (κ1) is 22.3. The molecule has 22 heavy (non-hydrogen) atoms. The predicted molar refractivity (Wildman–Crippen MR) is 117 cm³/mol. The van der Waals surface area contributed by atoms with E-state index in [1.54, 1.807) is 11.1 Å². The molecule has 2 unspecified atom stereocenters. The standard InChI is InChI=1S/C14H30B8/c1-11(17-3)13(9-19(5)21(7)15)14(12(2)18-4)10-20(6)22(8)16/h11-12H,9-10H2,1-8H3/b14-13-. The van der Waals surface area contributed by atoms with Crippen molar-refractivity contribution in [3.63, 3.8) is 0 Å². The average molecular weight is 285 g/mol. The maximum absolute atomic E-state index is 6.12. The molecule has 2 atom stereocenters. The molecule has 0 aliphatic rings. The first-order valence-corrected chi connectivity index (χ1v) is 8.97. The van der Waals surface area contributed by atoms with Crippen LogP contribution >= 0.6 is 0 Å². The van der Waals surface area contributed by atoms with Crippen molar-refractivity contribution < 1.29 is 0 Å². The molecule has 6 radical (unpaired) electrons. The van der Waals surface area contributed by atoms with E-state index in [9.17, 15) is 0 Å². The summed E-state index contributed by atoms with van der Waals surface area (Å²) in [5.74, 6) is 0.998. The third-order valence-electron chi connectivity index (χ3n) is 5.39. The molecule has 0 fully saturated rings. The molecule has 0 aliphatic carbocycles. The van der Waals surface area contributed by atoms with Gasteiger partial charge in [-0.1, -0.05) is 90.2 Å². The maximum atomic E-state index is 6.12. The second-order valence-corrected chi connectivity index (χ2v) is 7.38. The Morgan fingerprint density at radius 2 is 1.05 bits per heavy atom. The molecular formula is C14H30B8. The van der Waals surface area contributed by atoms with Gasteiger partial charge in [-0.05, 0) is 0 Å². The van der Waals surface area contributed by atoms with E-state index in [-0.39, 0.29) is 13.0 Å². The van der Waals surface area contributed by atoms with Crippen LogP contribution in [0.2, 0.25) is 65.2 Å². The van der Waals surface area contributed by atoms with Gasteiger partial charge in [-0.2, -0.15) is 0 Å². The second-order valence-electron chi connectivity index (χ2n) is 7.38. The topological polar surface area (TPSA) is 0 Å². The molecule has 0 aromatic rings. The smallest absolute Gasteiger partial charge is 0.1000 e. The van der Waals surface area contributed by atoms with E-state index in [0.717, 1.165) is 12.6 Å². The average Bonchev–Trinajstić information content (AvgIpc) is 2.48. The van der Waals surface area contributed by atoms with Gasteiger partial charge in [-0.3, -0.25) is 0 Å². The molecule has 0 heterocycles. The van der Waals surface area contributed by atoms with E-state index in [2.05, 4.69) is 69.3 Å². The molecule has 110 valence electrons. The zero-order valence-electron chi connectivity index (χ0n) is 16.2. The molecule has 0 bridgehead atoms. The summed E-state index contributed by atoms with van der Waals surface area (Å²) < 4.78 is 0. The SMILES string of the molecule is [B]B(C)B(C)C/C(=C(\CB(C)B([B])C)C(C)[B]C)C(C)[B]C. The van der Waals surface area contributed by atoms with E-state index >= 15 is 0 Å². The van der Waals surface area contributed by atoms with Crippen LogP contribution in [0.25, 0.3) is 0 Å². The summed E-state index contributed by atoms with van der Waals surface area (Å²) in [5.41, 5.74) is 3.15. The normalized spacial score (nSPS) is 14.5. The van der Waals surface area contributed by atoms with Crippen molar-refractivity contribution in [2.24, 2.45) is 0 Å². The largest absolute Gasteiger partial charge is 0.115 e. The molecule has 0 aliphatic heterocycles. The number of hydrogen-bond acceptors (Lipinski definition) is 0. The molecule has 0 N–H and O–H groups in total. The molecule has 0 aromatic carbocycles. The zero-order valence-corrected chi connectivity index (χ0v) is 16.2. The molecule has 0 spiro atoms. The Morgan fingerprint density at radius 1 is 0.773 bits per heavy atom. The van der Waals surface area contributed by atoms with E-state index in [0.29, 0.717) is 24.8 Å². The van der Waals surface area contributed by atoms with Gasteiger partial charge in [0.15, 0.2) is 0 Å². The molecular weight excluding hydrogens is 255 g/mol. The van der Waals surface area contributed by atoms with E-state index in [4.69, 9.17) is 15.5 Å². The lowest BCUT2D eigenvalue weighted by Crippen LogP contribution is -2.33. The quantitative estimate of drug-likeness (QED) is 0.426. The molecule has 0 rings (SSSR count). The van der Waals surface area contributed by atoms with Crippen LogP contribution in [0, 0.1) is 0 Å². The molecule has 0 amide bonds. The highest BCUT2D eigenvalue weighted by Gasteiger charge is 2.25. The number of allylic oxidation sites excluding steroid dienone is 2. The van der Waals surface area contributed by atoms with Gasteiger partial charge < -0.3 is 0 Å². The van der Waals surface area contributed by atoms with Gasteiger partial charge in [0.2, 0.25) is 0 Å². The Hall–Kier alpha value is 0.259. The summed E-state index contributed by atoms with van der Waals surface area (Å²) >= 11 is 0. The van der Waals surface area contributed by atoms with E-state index < -0.39 is 0 Å². The highest BCUT2D eigenvalue weighted by atomic mass is 14.1. The first-order valence-electron chi connectivity index (χ1n) is 8.97. The van der Waals surface area contributed by atoms with Crippen molar-refractivity contribution in [1.29, 1.82) is 0 Å². The highest BCUT2D eigenvalue weighted by Crippen LogP contribution is 2.35. The van der Waals surface area contributed by atoms with Crippen molar-refractivity contribution >= 4 is 56.2 Å². The summed E-state index contributed by atoms with van der Waals surface area (Å²) in [5, 5.41) is 0. The van der Waals surface area contributed by atoms with Crippen molar-refractivity contribution in [1.82, 2.24) is 0 Å². The summed E-state index contributed by atoms with van der Waals surface area (Å²) in [4.78, 5) is 0. The van der Waals surface area contributed by atoms with Crippen LogP contribution in [0.1, 0.15) is 13.8 Å². The highest BCUT2D eigenvalue weighted by molar-refractivity contribution is 7.41. The maximum Gasteiger partial charge on any atom is 0.115 e. The minimum Gasteiger partial charge on any atom is -0.1000 e. The second kappa shape index (κ2) is 10.9. The van der Waals surface area contributed by atoms with Crippen LogP contribution in [-0.4, -0.2) is 56.2 Å². The van der Waals surface area contributed by atoms with E-state index in [1.165, 1.54) is 0 Å². The van der Waals surface area contributed by atoms with Crippen LogP contribution in [-0.2, 0) is 0 Å². The Balaban J connectivity index is 5.64. The minimum atomic E-state index is 0.229. The van der Waals surface area contributed by atoms with E-state index in [1.807, 2.05) is 0 Å². The van der Waals surface area contributed by atoms with Gasteiger partial charge in [0.05, 0.1) is 13.0 Å². The molecule has 0 saturated heterocycles. The molecule has 0 nitrogen and oxygen atoms in total. The lowest BCUT2D eigenvalue weighted by molar-refractivity contribution is 0.959. The predicted octanol–water partition coefficient (Wildman–Crippen LogP) is 3.39. The fourth-order valence-corrected chi connectivity index (χ4v) is 2.69. The lowest BCUT2D eigenvalue weighted by Gasteiger charge is -2.28. The minimum absolute atomic E-state index is 0.229. The van der Waals surface area contributed by atoms with Crippen LogP contribution in [0.15, 0.2) is 11.1 Å². The Kier molecular flexibility index (Phi) is 11.1. The van der Waals surface area contributed by atoms with Gasteiger partial charge in [0.25, 0.3) is 0 Å². The third-order valence-corrected chi connectivity index (χ3v) is 5.39. The third kappa shape index (κ3) is 7.22. The number of rotatable bonds is 10. The van der Waals surface area contributed by atoms with Crippen molar-refractivity contribution in [3.8, 4) is 0 Å². The lowest BCUT2D eigenvalue weighted by atomic mass is 9.00. The van der Waals surface area contributed by atoms with Gasteiger partial charge in [-0.15, -0.1) is 0 Å². The zero-order chi connectivity index (χ0) is 17.4. The fraction of sp³-hybridized carbons (Fsp3) is 0.857. The summed E-state index contributed by atoms with van der Waals surface area (Å²) in [6, 6.07) is 0. The number of hydrogen-bond donors (Lipinski definition) is 0. The van der Waals surface area contributed by atoms with Gasteiger partial charge in [0, 0.05) is 15.5 Å².